The maximum Gasteiger partial charge on any atom is 0.0641 e. The lowest BCUT2D eigenvalue weighted by molar-refractivity contribution is 0.623. The van der Waals surface area contributed by atoms with Crippen molar-refractivity contribution in [2.24, 2.45) is 5.92 Å². The fourth-order valence-corrected chi connectivity index (χ4v) is 11.1. The Morgan fingerprint density at radius 1 is 0.532 bits per heavy atom. The van der Waals surface area contributed by atoms with Crippen molar-refractivity contribution >= 4 is 98.9 Å². The Morgan fingerprint density at radius 3 is 1.74 bits per heavy atom. The average molecular weight is 799 g/mol. The van der Waals surface area contributed by atoms with Gasteiger partial charge in [-0.2, -0.15) is 0 Å². The highest BCUT2D eigenvalue weighted by Gasteiger charge is 2.29. The van der Waals surface area contributed by atoms with Crippen LogP contribution < -0.4 is 9.80 Å². The van der Waals surface area contributed by atoms with Crippen molar-refractivity contribution in [2.75, 3.05) is 9.80 Å². The third-order valence-electron chi connectivity index (χ3n) is 14.1. The molecule has 298 valence electrons. The lowest BCUT2D eigenvalue weighted by Gasteiger charge is -2.35. The molecule has 0 spiro atoms. The van der Waals surface area contributed by atoms with Gasteiger partial charge in [0.05, 0.1) is 50.5 Å². The maximum atomic E-state index is 2.62. The fraction of sp³-hybridized carbons (Fsp3) is 0.138. The van der Waals surface area contributed by atoms with E-state index in [0.29, 0.717) is 5.92 Å². The predicted molar refractivity (Wildman–Crippen MR) is 265 cm³/mol. The molecule has 4 nitrogen and oxygen atoms in total. The second kappa shape index (κ2) is 13.6. The summed E-state index contributed by atoms with van der Waals surface area (Å²) < 4.78 is 5.12. The molecule has 62 heavy (non-hydrogen) atoms. The Labute approximate surface area is 360 Å². The first-order chi connectivity index (χ1) is 30.7. The van der Waals surface area contributed by atoms with Crippen LogP contribution in [0.15, 0.2) is 188 Å². The standard InChI is InChI=1S/C58H46N4/c1-3-37-23-27-41(28-24-37)59(39-15-7-5-8-16-39)51-33-31-43-47-35-54-48(36-53(47)61-49-21-13-11-19-45(49)55(51)57(43)61)44-32-34-52(56-46-20-12-14-22-50(46)62(54)58(44)56)60(40-17-9-6-10-18-40)42-29-25-38(4-2)26-30-42/h5-17,19-25,27-36,38,40H,3-4,18,26H2,1-2H3. The number of allylic oxidation sites excluding steroid dienone is 5. The number of rotatable bonds is 8. The molecule has 13 rings (SSSR count). The van der Waals surface area contributed by atoms with E-state index >= 15 is 0 Å². The molecular weight excluding hydrogens is 753 g/mol. The van der Waals surface area contributed by atoms with Gasteiger partial charge in [-0.3, -0.25) is 0 Å². The van der Waals surface area contributed by atoms with Crippen molar-refractivity contribution < 1.29 is 0 Å². The molecule has 0 amide bonds. The molecule has 0 saturated heterocycles. The summed E-state index contributed by atoms with van der Waals surface area (Å²) in [6.07, 6.45) is 20.6. The number of hydrogen-bond acceptors (Lipinski definition) is 2. The molecule has 2 aliphatic carbocycles. The Morgan fingerprint density at radius 2 is 1.15 bits per heavy atom. The van der Waals surface area contributed by atoms with Gasteiger partial charge in [0.2, 0.25) is 0 Å². The number of fused-ring (bicyclic) bond motifs is 12. The van der Waals surface area contributed by atoms with Gasteiger partial charge in [0.25, 0.3) is 0 Å². The number of nitrogens with zero attached hydrogens (tertiary/aromatic N) is 4. The van der Waals surface area contributed by atoms with Crippen LogP contribution in [-0.4, -0.2) is 14.8 Å². The highest BCUT2D eigenvalue weighted by atomic mass is 15.2. The molecule has 11 aromatic rings. The van der Waals surface area contributed by atoms with Crippen LogP contribution in [0.3, 0.4) is 0 Å². The lowest BCUT2D eigenvalue weighted by Crippen LogP contribution is -2.33. The van der Waals surface area contributed by atoms with Gasteiger partial charge >= 0.3 is 0 Å². The fourth-order valence-electron chi connectivity index (χ4n) is 11.1. The van der Waals surface area contributed by atoms with Crippen molar-refractivity contribution in [1.29, 1.82) is 0 Å². The van der Waals surface area contributed by atoms with Crippen molar-refractivity contribution in [3.05, 3.63) is 193 Å². The van der Waals surface area contributed by atoms with E-state index in [1.165, 1.54) is 98.8 Å². The first-order valence-electron chi connectivity index (χ1n) is 22.5. The van der Waals surface area contributed by atoms with Crippen LogP contribution in [0.2, 0.25) is 0 Å². The number of aromatic nitrogens is 2. The van der Waals surface area contributed by atoms with Gasteiger partial charge in [-0.05, 0) is 104 Å². The molecule has 2 aliphatic rings. The molecule has 2 unspecified atom stereocenters. The molecule has 0 radical (unpaired) electrons. The summed E-state index contributed by atoms with van der Waals surface area (Å²) in [5, 5.41) is 10.3. The van der Waals surface area contributed by atoms with Gasteiger partial charge in [0.1, 0.15) is 0 Å². The molecule has 0 bridgehead atoms. The minimum atomic E-state index is 0.233. The number of benzene rings is 7. The van der Waals surface area contributed by atoms with Gasteiger partial charge in [-0.25, -0.2) is 0 Å². The molecule has 0 N–H and O–H groups in total. The number of aryl methyl sites for hydroxylation is 1. The van der Waals surface area contributed by atoms with Crippen molar-refractivity contribution in [3.63, 3.8) is 0 Å². The third-order valence-corrected chi connectivity index (χ3v) is 14.1. The van der Waals surface area contributed by atoms with E-state index in [4.69, 9.17) is 0 Å². The summed E-state index contributed by atoms with van der Waals surface area (Å²) in [6, 6.07) is 52.8. The number of anilines is 4. The second-order valence-electron chi connectivity index (χ2n) is 17.4. The SMILES string of the molecule is CCc1ccc(N(c2ccccc2)c2ccc3c4cc5c(cc4n4c6ccccc6c2c34)c2ccc(N(C3=CCC(CC)C=C3)C3C=CC=CC3)c3c4ccccc4n5c23)cc1. The zero-order valence-electron chi connectivity index (χ0n) is 35.1. The molecule has 4 aromatic heterocycles. The molecular formula is C58H46N4. The monoisotopic (exact) mass is 798 g/mol. The molecule has 4 heterocycles. The Hall–Kier alpha value is -7.30. The van der Waals surface area contributed by atoms with Crippen molar-refractivity contribution in [2.45, 2.75) is 45.6 Å². The number of hydrogen-bond donors (Lipinski definition) is 0. The molecule has 7 aromatic carbocycles. The van der Waals surface area contributed by atoms with Crippen LogP contribution in [0.4, 0.5) is 22.7 Å². The Bertz CT molecular complexity index is 3670. The third kappa shape index (κ3) is 4.95. The average Bonchev–Trinajstić information content (AvgIpc) is 4.06. The summed E-state index contributed by atoms with van der Waals surface area (Å²) in [5.74, 6) is 0.598. The minimum Gasteiger partial charge on any atom is -0.334 e. The van der Waals surface area contributed by atoms with Gasteiger partial charge < -0.3 is 18.6 Å². The summed E-state index contributed by atoms with van der Waals surface area (Å²) in [6.45, 7) is 4.52. The van der Waals surface area contributed by atoms with Crippen molar-refractivity contribution in [3.8, 4) is 0 Å². The smallest absolute Gasteiger partial charge is 0.0641 e. The van der Waals surface area contributed by atoms with E-state index in [1.807, 2.05) is 0 Å². The minimum absolute atomic E-state index is 0.233. The van der Waals surface area contributed by atoms with Crippen LogP contribution in [-0.2, 0) is 6.42 Å². The van der Waals surface area contributed by atoms with E-state index < -0.39 is 0 Å². The summed E-state index contributed by atoms with van der Waals surface area (Å²) in [7, 11) is 0. The Balaban J connectivity index is 1.09. The van der Waals surface area contributed by atoms with E-state index in [0.717, 1.165) is 37.1 Å². The topological polar surface area (TPSA) is 15.3 Å². The molecule has 0 fully saturated rings. The Kier molecular flexibility index (Phi) is 7.78. The summed E-state index contributed by atoms with van der Waals surface area (Å²) in [4.78, 5) is 5.06. The van der Waals surface area contributed by atoms with Crippen LogP contribution >= 0.6 is 0 Å². The molecule has 0 aliphatic heterocycles. The van der Waals surface area contributed by atoms with Crippen molar-refractivity contribution in [1.82, 2.24) is 8.80 Å². The highest BCUT2D eigenvalue weighted by Crippen LogP contribution is 2.50. The zero-order chi connectivity index (χ0) is 41.1. The van der Waals surface area contributed by atoms with E-state index in [2.05, 4.69) is 215 Å². The first kappa shape index (κ1) is 35.5. The normalized spacial score (nSPS) is 16.8. The largest absolute Gasteiger partial charge is 0.334 e. The van der Waals surface area contributed by atoms with Gasteiger partial charge in [-0.15, -0.1) is 0 Å². The van der Waals surface area contributed by atoms with Crippen LogP contribution in [0.25, 0.3) is 76.2 Å². The van der Waals surface area contributed by atoms with Crippen LogP contribution in [0, 0.1) is 5.92 Å². The molecule has 4 heteroatoms. The molecule has 2 atom stereocenters. The van der Waals surface area contributed by atoms with Crippen LogP contribution in [0.1, 0.15) is 38.7 Å². The van der Waals surface area contributed by atoms with E-state index in [9.17, 15) is 0 Å². The summed E-state index contributed by atoms with van der Waals surface area (Å²) in [5.41, 5.74) is 15.0. The lowest BCUT2D eigenvalue weighted by atomic mass is 9.94. The predicted octanol–water partition coefficient (Wildman–Crippen LogP) is 15.6. The van der Waals surface area contributed by atoms with E-state index in [1.54, 1.807) is 0 Å². The van der Waals surface area contributed by atoms with E-state index in [-0.39, 0.29) is 6.04 Å². The summed E-state index contributed by atoms with van der Waals surface area (Å²) >= 11 is 0. The first-order valence-corrected chi connectivity index (χ1v) is 22.5. The highest BCUT2D eigenvalue weighted by molar-refractivity contribution is 6.32. The van der Waals surface area contributed by atoms with Gasteiger partial charge in [0.15, 0.2) is 0 Å². The second-order valence-corrected chi connectivity index (χ2v) is 17.4. The quantitative estimate of drug-likeness (QED) is 0.152. The van der Waals surface area contributed by atoms with Crippen LogP contribution in [0.5, 0.6) is 0 Å². The molecule has 0 saturated carbocycles. The maximum absolute atomic E-state index is 2.62. The van der Waals surface area contributed by atoms with Gasteiger partial charge in [0, 0.05) is 60.2 Å². The van der Waals surface area contributed by atoms with Gasteiger partial charge in [-0.1, -0.05) is 129 Å². The number of para-hydroxylation sites is 3. The zero-order valence-corrected chi connectivity index (χ0v) is 35.1.